The summed E-state index contributed by atoms with van der Waals surface area (Å²) in [7, 11) is 0. The van der Waals surface area contributed by atoms with Gasteiger partial charge in [-0.25, -0.2) is 4.79 Å². The van der Waals surface area contributed by atoms with Gasteiger partial charge in [0.25, 0.3) is 0 Å². The van der Waals surface area contributed by atoms with E-state index in [-0.39, 0.29) is 37.4 Å². The lowest BCUT2D eigenvalue weighted by molar-refractivity contribution is -0.132. The molecule has 2 N–H and O–H groups in total. The standard InChI is InChI=1S/C16H26N4O4/c21-13(4-3-8-20-14(22)10-17-15(20)23)19-9-5-16(24,12-19)11-18-6-1-2-7-18/h24H,1-12H2,(H,17,23). The highest BCUT2D eigenvalue weighted by Crippen LogP contribution is 2.25. The van der Waals surface area contributed by atoms with Gasteiger partial charge >= 0.3 is 6.03 Å². The molecule has 0 aromatic rings. The number of aliphatic hydroxyl groups is 1. The normalized spacial score (nSPS) is 28.0. The zero-order chi connectivity index (χ0) is 17.2. The van der Waals surface area contributed by atoms with Crippen LogP contribution < -0.4 is 5.32 Å². The van der Waals surface area contributed by atoms with E-state index in [4.69, 9.17) is 0 Å². The Kier molecular flexibility index (Phi) is 5.05. The van der Waals surface area contributed by atoms with Crippen molar-refractivity contribution in [1.29, 1.82) is 0 Å². The first-order valence-corrected chi connectivity index (χ1v) is 8.78. The molecule has 0 bridgehead atoms. The lowest BCUT2D eigenvalue weighted by atomic mass is 10.0. The van der Waals surface area contributed by atoms with Gasteiger partial charge in [0.15, 0.2) is 0 Å². The average molecular weight is 338 g/mol. The van der Waals surface area contributed by atoms with E-state index < -0.39 is 5.60 Å². The second-order valence-electron chi connectivity index (χ2n) is 7.08. The predicted octanol–water partition coefficient (Wildman–Crippen LogP) is -0.622. The Morgan fingerprint density at radius 1 is 1.21 bits per heavy atom. The Hall–Kier alpha value is -1.67. The van der Waals surface area contributed by atoms with Crippen molar-refractivity contribution >= 4 is 17.8 Å². The van der Waals surface area contributed by atoms with Crippen LogP contribution in [0.3, 0.4) is 0 Å². The Morgan fingerprint density at radius 3 is 2.62 bits per heavy atom. The molecule has 3 heterocycles. The molecular weight excluding hydrogens is 312 g/mol. The Bertz CT molecular complexity index is 504. The molecule has 0 saturated carbocycles. The van der Waals surface area contributed by atoms with Crippen LogP contribution in [0.25, 0.3) is 0 Å². The van der Waals surface area contributed by atoms with Crippen LogP contribution in [0.1, 0.15) is 32.1 Å². The average Bonchev–Trinajstić information content (AvgIpc) is 3.25. The van der Waals surface area contributed by atoms with Crippen LogP contribution in [-0.4, -0.2) is 89.1 Å². The van der Waals surface area contributed by atoms with E-state index >= 15 is 0 Å². The van der Waals surface area contributed by atoms with Crippen molar-refractivity contribution in [3.63, 3.8) is 0 Å². The fourth-order valence-corrected chi connectivity index (χ4v) is 3.78. The number of rotatable bonds is 6. The van der Waals surface area contributed by atoms with Crippen molar-refractivity contribution in [1.82, 2.24) is 20.0 Å². The molecule has 0 spiro atoms. The van der Waals surface area contributed by atoms with Crippen LogP contribution >= 0.6 is 0 Å². The molecule has 0 radical (unpaired) electrons. The Balaban J connectivity index is 1.41. The number of hydrogen-bond donors (Lipinski definition) is 2. The number of likely N-dealkylation sites (tertiary alicyclic amines) is 2. The third-order valence-corrected chi connectivity index (χ3v) is 5.11. The fraction of sp³-hybridized carbons (Fsp3) is 0.812. The molecule has 3 aliphatic heterocycles. The van der Waals surface area contributed by atoms with Crippen molar-refractivity contribution in [2.45, 2.75) is 37.7 Å². The Morgan fingerprint density at radius 2 is 1.96 bits per heavy atom. The largest absolute Gasteiger partial charge is 0.387 e. The first-order chi connectivity index (χ1) is 11.5. The summed E-state index contributed by atoms with van der Waals surface area (Å²) in [5.74, 6) is -0.256. The minimum absolute atomic E-state index is 0.0144. The third-order valence-electron chi connectivity index (χ3n) is 5.11. The summed E-state index contributed by atoms with van der Waals surface area (Å²) in [6, 6.07) is -0.381. The molecule has 8 nitrogen and oxygen atoms in total. The second-order valence-corrected chi connectivity index (χ2v) is 7.08. The number of amides is 4. The van der Waals surface area contributed by atoms with Gasteiger partial charge in [-0.3, -0.25) is 14.5 Å². The van der Waals surface area contributed by atoms with Crippen LogP contribution in [0.4, 0.5) is 4.79 Å². The van der Waals surface area contributed by atoms with Crippen molar-refractivity contribution in [3.8, 4) is 0 Å². The van der Waals surface area contributed by atoms with Crippen LogP contribution in [0.5, 0.6) is 0 Å². The van der Waals surface area contributed by atoms with E-state index in [9.17, 15) is 19.5 Å². The fourth-order valence-electron chi connectivity index (χ4n) is 3.78. The first-order valence-electron chi connectivity index (χ1n) is 8.78. The van der Waals surface area contributed by atoms with Crippen molar-refractivity contribution < 1.29 is 19.5 Å². The van der Waals surface area contributed by atoms with E-state index in [1.807, 2.05) is 0 Å². The first kappa shape index (κ1) is 17.2. The smallest absolute Gasteiger partial charge is 0.324 e. The summed E-state index contributed by atoms with van der Waals surface area (Å²) >= 11 is 0. The summed E-state index contributed by atoms with van der Waals surface area (Å²) in [4.78, 5) is 40.3. The molecule has 3 rings (SSSR count). The number of urea groups is 1. The van der Waals surface area contributed by atoms with Gasteiger partial charge in [0.2, 0.25) is 11.8 Å². The number of carbonyl (C=O) groups is 3. The minimum atomic E-state index is -0.801. The van der Waals surface area contributed by atoms with E-state index in [1.54, 1.807) is 4.90 Å². The van der Waals surface area contributed by atoms with Gasteiger partial charge in [-0.05, 0) is 38.8 Å². The van der Waals surface area contributed by atoms with Crippen LogP contribution in [0, 0.1) is 0 Å². The van der Waals surface area contributed by atoms with Gasteiger partial charge in [-0.15, -0.1) is 0 Å². The molecule has 3 saturated heterocycles. The lowest BCUT2D eigenvalue weighted by Gasteiger charge is -2.28. The molecule has 3 aliphatic rings. The quantitative estimate of drug-likeness (QED) is 0.630. The maximum absolute atomic E-state index is 12.3. The monoisotopic (exact) mass is 338 g/mol. The highest BCUT2D eigenvalue weighted by molar-refractivity contribution is 6.01. The van der Waals surface area contributed by atoms with E-state index in [0.717, 1.165) is 18.0 Å². The number of imide groups is 1. The lowest BCUT2D eigenvalue weighted by Crippen LogP contribution is -2.45. The predicted molar refractivity (Wildman–Crippen MR) is 86.2 cm³/mol. The van der Waals surface area contributed by atoms with E-state index in [1.165, 1.54) is 12.8 Å². The van der Waals surface area contributed by atoms with Crippen LogP contribution in [0.2, 0.25) is 0 Å². The molecule has 1 unspecified atom stereocenters. The van der Waals surface area contributed by atoms with Crippen LogP contribution in [-0.2, 0) is 9.59 Å². The number of carbonyl (C=O) groups excluding carboxylic acids is 3. The van der Waals surface area contributed by atoms with Crippen molar-refractivity contribution in [2.24, 2.45) is 0 Å². The van der Waals surface area contributed by atoms with Crippen molar-refractivity contribution in [3.05, 3.63) is 0 Å². The second kappa shape index (κ2) is 7.06. The molecule has 0 aliphatic carbocycles. The molecular formula is C16H26N4O4. The third kappa shape index (κ3) is 3.87. The number of β-amino-alcohol motifs (C(OH)–C–C–N with tert-alkyl or cyclic N) is 1. The van der Waals surface area contributed by atoms with Crippen LogP contribution in [0.15, 0.2) is 0 Å². The highest BCUT2D eigenvalue weighted by atomic mass is 16.3. The maximum atomic E-state index is 12.3. The van der Waals surface area contributed by atoms with Gasteiger partial charge in [0, 0.05) is 26.1 Å². The Labute approximate surface area is 141 Å². The van der Waals surface area contributed by atoms with E-state index in [2.05, 4.69) is 10.2 Å². The molecule has 24 heavy (non-hydrogen) atoms. The molecule has 134 valence electrons. The minimum Gasteiger partial charge on any atom is -0.387 e. The molecule has 3 fully saturated rings. The summed E-state index contributed by atoms with van der Waals surface area (Å²) in [5, 5.41) is 13.2. The number of nitrogens with zero attached hydrogens (tertiary/aromatic N) is 3. The number of nitrogens with one attached hydrogen (secondary N) is 1. The SMILES string of the molecule is O=C(CCCN1C(=O)CNC1=O)N1CCC(O)(CN2CCCC2)C1. The summed E-state index contributed by atoms with van der Waals surface area (Å²) < 4.78 is 0. The van der Waals surface area contributed by atoms with Gasteiger partial charge < -0.3 is 20.2 Å². The van der Waals surface area contributed by atoms with E-state index in [0.29, 0.717) is 32.5 Å². The van der Waals surface area contributed by atoms with Gasteiger partial charge in [0.05, 0.1) is 18.7 Å². The summed E-state index contributed by atoms with van der Waals surface area (Å²) in [6.07, 6.45) is 3.72. The maximum Gasteiger partial charge on any atom is 0.324 e. The number of hydrogen-bond acceptors (Lipinski definition) is 5. The van der Waals surface area contributed by atoms with Gasteiger partial charge in [-0.2, -0.15) is 0 Å². The highest BCUT2D eigenvalue weighted by Gasteiger charge is 2.39. The zero-order valence-corrected chi connectivity index (χ0v) is 14.0. The molecule has 8 heteroatoms. The molecule has 0 aromatic carbocycles. The van der Waals surface area contributed by atoms with Gasteiger partial charge in [0.1, 0.15) is 0 Å². The summed E-state index contributed by atoms with van der Waals surface area (Å²) in [6.45, 7) is 3.96. The zero-order valence-electron chi connectivity index (χ0n) is 14.0. The summed E-state index contributed by atoms with van der Waals surface area (Å²) in [5.41, 5.74) is -0.801. The van der Waals surface area contributed by atoms with Gasteiger partial charge in [-0.1, -0.05) is 0 Å². The van der Waals surface area contributed by atoms with Crippen molar-refractivity contribution in [2.75, 3.05) is 45.8 Å². The molecule has 1 atom stereocenters. The molecule has 4 amide bonds. The topological polar surface area (TPSA) is 93.2 Å². The molecule has 0 aromatic heterocycles.